The van der Waals surface area contributed by atoms with E-state index in [9.17, 15) is 18.8 Å². The van der Waals surface area contributed by atoms with Crippen LogP contribution in [-0.2, 0) is 14.3 Å². The molecule has 0 aliphatic carbocycles. The van der Waals surface area contributed by atoms with E-state index in [4.69, 9.17) is 21.1 Å². The standard InChI is InChI=1S/C32H41ClFN7O5/c1-20-25(19-26(39-38-20)23-17-21(33)9-10-24(23)34)36-22-11-13-35-27(18-22)37-28(42)12-14-41(30(44)46-32(5,6)7)16-15-40(8)29(43)45-31(2,3)4/h9-11,13,17-19H,12,14-16H2,1-8H3,(H2,35,36,37,39,42). The van der Waals surface area contributed by atoms with Crippen molar-refractivity contribution >= 4 is 46.9 Å². The smallest absolute Gasteiger partial charge is 0.410 e. The van der Waals surface area contributed by atoms with Gasteiger partial charge in [-0.3, -0.25) is 4.79 Å². The van der Waals surface area contributed by atoms with Gasteiger partial charge in [0.25, 0.3) is 0 Å². The summed E-state index contributed by atoms with van der Waals surface area (Å²) in [6, 6.07) is 9.16. The first-order chi connectivity index (χ1) is 21.4. The molecule has 0 bridgehead atoms. The van der Waals surface area contributed by atoms with Gasteiger partial charge in [0, 0.05) is 61.6 Å². The van der Waals surface area contributed by atoms with Crippen molar-refractivity contribution in [1.29, 1.82) is 0 Å². The van der Waals surface area contributed by atoms with E-state index in [1.165, 1.54) is 34.2 Å². The van der Waals surface area contributed by atoms with Crippen LogP contribution in [0.15, 0.2) is 42.6 Å². The van der Waals surface area contributed by atoms with Gasteiger partial charge in [-0.2, -0.15) is 10.2 Å². The van der Waals surface area contributed by atoms with Crippen LogP contribution in [0.2, 0.25) is 5.02 Å². The number of carbonyl (C=O) groups excluding carboxylic acids is 3. The Bertz CT molecular complexity index is 1560. The molecule has 14 heteroatoms. The first-order valence-corrected chi connectivity index (χ1v) is 15.0. The number of aryl methyl sites for hydroxylation is 1. The average molecular weight is 658 g/mol. The molecular formula is C32H41ClFN7O5. The molecule has 3 rings (SSSR count). The largest absolute Gasteiger partial charge is 0.444 e. The third kappa shape index (κ3) is 11.4. The van der Waals surface area contributed by atoms with E-state index in [1.54, 1.807) is 73.7 Å². The predicted molar refractivity (Wildman–Crippen MR) is 175 cm³/mol. The van der Waals surface area contributed by atoms with Gasteiger partial charge in [0.2, 0.25) is 5.91 Å². The SMILES string of the molecule is Cc1nnc(-c2cc(Cl)ccc2F)cc1Nc1ccnc(NC(=O)CCN(CCN(C)C(=O)OC(C)(C)C)C(=O)OC(C)(C)C)c1. The third-order valence-electron chi connectivity index (χ3n) is 6.16. The van der Waals surface area contributed by atoms with E-state index in [0.29, 0.717) is 27.8 Å². The van der Waals surface area contributed by atoms with Crippen LogP contribution in [0.25, 0.3) is 11.3 Å². The molecule has 0 fully saturated rings. The summed E-state index contributed by atoms with van der Waals surface area (Å²) in [4.78, 5) is 45.2. The van der Waals surface area contributed by atoms with E-state index in [2.05, 4.69) is 25.8 Å². The number of pyridine rings is 1. The zero-order chi connectivity index (χ0) is 34.2. The molecule has 2 heterocycles. The molecule has 0 saturated heterocycles. The number of nitrogens with zero attached hydrogens (tertiary/aromatic N) is 5. The van der Waals surface area contributed by atoms with E-state index >= 15 is 0 Å². The Morgan fingerprint density at radius 1 is 0.913 bits per heavy atom. The number of rotatable bonds is 10. The number of benzene rings is 1. The van der Waals surface area contributed by atoms with E-state index in [-0.39, 0.29) is 43.3 Å². The second-order valence-electron chi connectivity index (χ2n) is 12.6. The molecule has 0 aliphatic rings. The van der Waals surface area contributed by atoms with Crippen LogP contribution in [-0.4, -0.2) is 81.0 Å². The lowest BCUT2D eigenvalue weighted by Crippen LogP contribution is -2.44. The summed E-state index contributed by atoms with van der Waals surface area (Å²) in [6.45, 7) is 12.6. The highest BCUT2D eigenvalue weighted by Crippen LogP contribution is 2.28. The van der Waals surface area contributed by atoms with Crippen molar-refractivity contribution in [2.75, 3.05) is 37.3 Å². The van der Waals surface area contributed by atoms with E-state index in [0.717, 1.165) is 0 Å². The molecule has 248 valence electrons. The highest BCUT2D eigenvalue weighted by molar-refractivity contribution is 6.30. The van der Waals surface area contributed by atoms with Crippen molar-refractivity contribution in [2.45, 2.75) is 66.1 Å². The Balaban J connectivity index is 1.66. The average Bonchev–Trinajstić information content (AvgIpc) is 2.93. The Morgan fingerprint density at radius 2 is 1.59 bits per heavy atom. The number of anilines is 3. The lowest BCUT2D eigenvalue weighted by molar-refractivity contribution is -0.116. The van der Waals surface area contributed by atoms with Gasteiger partial charge in [-0.1, -0.05) is 11.6 Å². The van der Waals surface area contributed by atoms with Crippen LogP contribution in [0.5, 0.6) is 0 Å². The zero-order valence-electron chi connectivity index (χ0n) is 27.4. The molecule has 2 N–H and O–H groups in total. The normalized spacial score (nSPS) is 11.4. The molecule has 2 aromatic heterocycles. The summed E-state index contributed by atoms with van der Waals surface area (Å²) in [5.74, 6) is -0.605. The van der Waals surface area contributed by atoms with Crippen molar-refractivity contribution < 1.29 is 28.2 Å². The van der Waals surface area contributed by atoms with Crippen molar-refractivity contribution in [3.05, 3.63) is 59.1 Å². The van der Waals surface area contributed by atoms with Gasteiger partial charge in [0.1, 0.15) is 22.8 Å². The van der Waals surface area contributed by atoms with Gasteiger partial charge < -0.3 is 29.9 Å². The maximum atomic E-state index is 14.4. The molecular weight excluding hydrogens is 617 g/mol. The Kier molecular flexibility index (Phi) is 11.9. The van der Waals surface area contributed by atoms with Crippen LogP contribution in [0.3, 0.4) is 0 Å². The fourth-order valence-electron chi connectivity index (χ4n) is 3.90. The molecule has 3 amide bonds. The molecule has 0 aliphatic heterocycles. The molecule has 0 saturated carbocycles. The lowest BCUT2D eigenvalue weighted by atomic mass is 10.1. The summed E-state index contributed by atoms with van der Waals surface area (Å²) in [5.41, 5.74) is 0.801. The molecule has 1 aromatic carbocycles. The number of nitrogens with one attached hydrogen (secondary N) is 2. The highest BCUT2D eigenvalue weighted by Gasteiger charge is 2.25. The first-order valence-electron chi connectivity index (χ1n) is 14.6. The van der Waals surface area contributed by atoms with Gasteiger partial charge in [-0.25, -0.2) is 19.0 Å². The number of carbonyl (C=O) groups is 3. The monoisotopic (exact) mass is 657 g/mol. The second kappa shape index (κ2) is 15.2. The van der Waals surface area contributed by atoms with E-state index in [1.807, 2.05) is 0 Å². The van der Waals surface area contributed by atoms with Crippen molar-refractivity contribution in [3.8, 4) is 11.3 Å². The molecule has 0 spiro atoms. The molecule has 46 heavy (non-hydrogen) atoms. The molecule has 12 nitrogen and oxygen atoms in total. The van der Waals surface area contributed by atoms with Crippen molar-refractivity contribution in [2.24, 2.45) is 0 Å². The Labute approximate surface area is 273 Å². The summed E-state index contributed by atoms with van der Waals surface area (Å²) < 4.78 is 25.3. The Morgan fingerprint density at radius 3 is 2.26 bits per heavy atom. The third-order valence-corrected chi connectivity index (χ3v) is 6.40. The van der Waals surface area contributed by atoms with Crippen LogP contribution in [0, 0.1) is 12.7 Å². The number of ether oxygens (including phenoxy) is 2. The number of likely N-dealkylation sites (N-methyl/N-ethyl adjacent to an activating group) is 1. The van der Waals surface area contributed by atoms with Crippen LogP contribution >= 0.6 is 11.6 Å². The lowest BCUT2D eigenvalue weighted by Gasteiger charge is -2.29. The maximum absolute atomic E-state index is 14.4. The van der Waals surface area contributed by atoms with E-state index < -0.39 is 29.2 Å². The number of halogens is 2. The topological polar surface area (TPSA) is 139 Å². The predicted octanol–water partition coefficient (Wildman–Crippen LogP) is 6.82. The maximum Gasteiger partial charge on any atom is 0.410 e. The summed E-state index contributed by atoms with van der Waals surface area (Å²) in [7, 11) is 1.57. The van der Waals surface area contributed by atoms with Crippen LogP contribution in [0.4, 0.5) is 31.2 Å². The fraction of sp³-hybridized carbons (Fsp3) is 0.438. The van der Waals surface area contributed by atoms with Crippen LogP contribution < -0.4 is 10.6 Å². The molecule has 0 atom stereocenters. The minimum atomic E-state index is -0.752. The molecule has 0 unspecified atom stereocenters. The van der Waals surface area contributed by atoms with Gasteiger partial charge in [0.05, 0.1) is 17.1 Å². The fourth-order valence-corrected chi connectivity index (χ4v) is 4.07. The molecule has 0 radical (unpaired) electrons. The highest BCUT2D eigenvalue weighted by atomic mass is 35.5. The summed E-state index contributed by atoms with van der Waals surface area (Å²) >= 11 is 6.05. The quantitative estimate of drug-likeness (QED) is 0.240. The summed E-state index contributed by atoms with van der Waals surface area (Å²) in [5, 5.41) is 14.6. The summed E-state index contributed by atoms with van der Waals surface area (Å²) in [6.07, 6.45) is 0.315. The van der Waals surface area contributed by atoms with Gasteiger partial charge in [0.15, 0.2) is 0 Å². The van der Waals surface area contributed by atoms with Gasteiger partial charge in [-0.05, 0) is 78.8 Å². The zero-order valence-corrected chi connectivity index (χ0v) is 28.2. The van der Waals surface area contributed by atoms with Crippen LogP contribution in [0.1, 0.15) is 53.7 Å². The second-order valence-corrected chi connectivity index (χ2v) is 13.0. The molecule has 3 aromatic rings. The minimum Gasteiger partial charge on any atom is -0.444 e. The van der Waals surface area contributed by atoms with Crippen molar-refractivity contribution in [1.82, 2.24) is 25.0 Å². The number of aromatic nitrogens is 3. The van der Waals surface area contributed by atoms with Crippen molar-refractivity contribution in [3.63, 3.8) is 0 Å². The number of hydrogen-bond acceptors (Lipinski definition) is 9. The minimum absolute atomic E-state index is 0.0333. The van der Waals surface area contributed by atoms with Gasteiger partial charge in [-0.15, -0.1) is 0 Å². The number of hydrogen-bond donors (Lipinski definition) is 2. The first kappa shape index (κ1) is 36.0. The number of amides is 3. The van der Waals surface area contributed by atoms with Gasteiger partial charge >= 0.3 is 12.2 Å². The Hall–Kier alpha value is -4.52.